The minimum atomic E-state index is -0.351. The topological polar surface area (TPSA) is 54.6 Å². The summed E-state index contributed by atoms with van der Waals surface area (Å²) in [5.41, 5.74) is 5.79. The van der Waals surface area contributed by atoms with Gasteiger partial charge in [0.15, 0.2) is 4.80 Å². The lowest BCUT2D eigenvalue weighted by molar-refractivity contribution is 0.468. The summed E-state index contributed by atoms with van der Waals surface area (Å²) in [4.78, 5) is 19.3. The molecule has 8 heteroatoms. The van der Waals surface area contributed by atoms with Gasteiger partial charge in [-0.05, 0) is 97.3 Å². The normalized spacial score (nSPS) is 17.0. The SMILES string of the molecule is O=c1/c(=C\c2cc(Br)c(O)c(Br)c2)sc2n1[C@@H](c1ccc(F)cc1)C1=C(N=2)c2ccccc2CC1. The van der Waals surface area contributed by atoms with Crippen LogP contribution >= 0.6 is 43.2 Å². The lowest BCUT2D eigenvalue weighted by Gasteiger charge is -2.30. The van der Waals surface area contributed by atoms with Crippen LogP contribution in [0.2, 0.25) is 0 Å². The Balaban J connectivity index is 1.62. The predicted octanol–water partition coefficient (Wildman–Crippen LogP) is 5.69. The molecule has 0 radical (unpaired) electrons. The molecule has 6 rings (SSSR count). The molecular formula is C27H17Br2FN2O2S. The first-order valence-corrected chi connectivity index (χ1v) is 13.4. The first kappa shape index (κ1) is 22.6. The Morgan fingerprint density at radius 1 is 1.06 bits per heavy atom. The van der Waals surface area contributed by atoms with E-state index in [-0.39, 0.29) is 23.2 Å². The van der Waals surface area contributed by atoms with E-state index in [0.29, 0.717) is 18.3 Å². The van der Waals surface area contributed by atoms with E-state index in [4.69, 9.17) is 4.99 Å². The Kier molecular flexibility index (Phi) is 5.62. The molecule has 1 aliphatic carbocycles. The molecule has 0 bridgehead atoms. The lowest BCUT2D eigenvalue weighted by Crippen LogP contribution is -2.38. The molecule has 2 heterocycles. The molecule has 0 fully saturated rings. The van der Waals surface area contributed by atoms with Gasteiger partial charge in [-0.3, -0.25) is 9.36 Å². The van der Waals surface area contributed by atoms with E-state index < -0.39 is 0 Å². The summed E-state index contributed by atoms with van der Waals surface area (Å²) in [5.74, 6) is -0.209. The zero-order chi connectivity index (χ0) is 24.3. The quantitative estimate of drug-likeness (QED) is 0.317. The summed E-state index contributed by atoms with van der Waals surface area (Å²) >= 11 is 8.04. The van der Waals surface area contributed by atoms with Gasteiger partial charge in [0.2, 0.25) is 0 Å². The molecule has 1 atom stereocenters. The van der Waals surface area contributed by atoms with Crippen LogP contribution in [0.3, 0.4) is 0 Å². The van der Waals surface area contributed by atoms with Crippen molar-refractivity contribution in [2.45, 2.75) is 18.9 Å². The smallest absolute Gasteiger partial charge is 0.271 e. The monoisotopic (exact) mass is 610 g/mol. The first-order chi connectivity index (χ1) is 16.9. The number of aromatic hydroxyl groups is 1. The number of benzene rings is 3. The summed E-state index contributed by atoms with van der Waals surface area (Å²) < 4.78 is 17.1. The number of aryl methyl sites for hydroxylation is 1. The van der Waals surface area contributed by atoms with Crippen molar-refractivity contribution in [1.82, 2.24) is 4.57 Å². The molecule has 0 saturated carbocycles. The summed E-state index contributed by atoms with van der Waals surface area (Å²) in [6, 6.07) is 17.8. The zero-order valence-electron chi connectivity index (χ0n) is 18.1. The fraction of sp³-hybridized carbons (Fsp3) is 0.111. The minimum absolute atomic E-state index is 0.103. The van der Waals surface area contributed by atoms with Gasteiger partial charge in [-0.1, -0.05) is 47.7 Å². The predicted molar refractivity (Wildman–Crippen MR) is 143 cm³/mol. The van der Waals surface area contributed by atoms with Crippen LogP contribution in [0.15, 0.2) is 85.0 Å². The second kappa shape index (κ2) is 8.69. The second-order valence-corrected chi connectivity index (χ2v) is 11.2. The highest BCUT2D eigenvalue weighted by atomic mass is 79.9. The van der Waals surface area contributed by atoms with Crippen molar-refractivity contribution >= 4 is 55.0 Å². The maximum Gasteiger partial charge on any atom is 0.271 e. The van der Waals surface area contributed by atoms with Crippen LogP contribution in [0.25, 0.3) is 11.8 Å². The third-order valence-corrected chi connectivity index (χ3v) is 8.59. The Hall–Kier alpha value is -2.81. The first-order valence-electron chi connectivity index (χ1n) is 11.0. The number of allylic oxidation sites excluding steroid dienone is 1. The van der Waals surface area contributed by atoms with Crippen LogP contribution in [0.4, 0.5) is 4.39 Å². The van der Waals surface area contributed by atoms with Gasteiger partial charge in [0.25, 0.3) is 5.56 Å². The van der Waals surface area contributed by atoms with Gasteiger partial charge in [-0.25, -0.2) is 9.38 Å². The van der Waals surface area contributed by atoms with E-state index in [9.17, 15) is 14.3 Å². The van der Waals surface area contributed by atoms with Gasteiger partial charge >= 0.3 is 0 Å². The molecule has 0 spiro atoms. The second-order valence-electron chi connectivity index (χ2n) is 8.50. The number of thiazole rings is 1. The fourth-order valence-electron chi connectivity index (χ4n) is 4.79. The maximum atomic E-state index is 13.8. The number of rotatable bonds is 2. The summed E-state index contributed by atoms with van der Waals surface area (Å²) in [7, 11) is 0. The third-order valence-electron chi connectivity index (χ3n) is 6.40. The average Bonchev–Trinajstić information content (AvgIpc) is 3.16. The van der Waals surface area contributed by atoms with Crippen LogP contribution in [-0.2, 0) is 6.42 Å². The molecule has 1 N–H and O–H groups in total. The molecule has 1 aliphatic heterocycles. The molecule has 4 aromatic rings. The van der Waals surface area contributed by atoms with Crippen molar-refractivity contribution < 1.29 is 9.50 Å². The van der Waals surface area contributed by atoms with E-state index in [1.165, 1.54) is 29.0 Å². The molecular weight excluding hydrogens is 595 g/mol. The summed E-state index contributed by atoms with van der Waals surface area (Å²) in [5, 5.41) is 10.0. The Labute approximate surface area is 220 Å². The van der Waals surface area contributed by atoms with E-state index in [0.717, 1.165) is 40.8 Å². The Morgan fingerprint density at radius 3 is 2.51 bits per heavy atom. The summed E-state index contributed by atoms with van der Waals surface area (Å²) in [6.45, 7) is 0. The van der Waals surface area contributed by atoms with Crippen molar-refractivity contribution in [3.63, 3.8) is 0 Å². The standard InChI is InChI=1S/C27H17Br2FN2O2S/c28-20-11-14(12-21(29)25(20)33)13-22-26(34)32-24(16-5-8-17(30)9-6-16)19-10-7-15-3-1-2-4-18(15)23(19)31-27(32)35-22/h1-6,8-9,11-13,24,33H,7,10H2/b22-13+/t24-/m0/s1. The molecule has 0 saturated heterocycles. The van der Waals surface area contributed by atoms with Crippen LogP contribution in [0.5, 0.6) is 5.75 Å². The number of nitrogens with zero attached hydrogens (tertiary/aromatic N) is 2. The van der Waals surface area contributed by atoms with Gasteiger partial charge in [0.1, 0.15) is 11.6 Å². The van der Waals surface area contributed by atoms with Crippen LogP contribution in [0, 0.1) is 5.82 Å². The summed E-state index contributed by atoms with van der Waals surface area (Å²) in [6.07, 6.45) is 3.44. The largest absolute Gasteiger partial charge is 0.506 e. The number of phenols is 1. The number of halogens is 3. The van der Waals surface area contributed by atoms with Crippen molar-refractivity contribution in [3.8, 4) is 5.75 Å². The average molecular weight is 612 g/mol. The number of aromatic nitrogens is 1. The Bertz CT molecular complexity index is 1700. The van der Waals surface area contributed by atoms with Crippen LogP contribution < -0.4 is 14.9 Å². The van der Waals surface area contributed by atoms with Crippen molar-refractivity contribution in [1.29, 1.82) is 0 Å². The number of hydrogen-bond donors (Lipinski definition) is 1. The minimum Gasteiger partial charge on any atom is -0.506 e. The Morgan fingerprint density at radius 2 is 1.77 bits per heavy atom. The highest BCUT2D eigenvalue weighted by molar-refractivity contribution is 9.11. The van der Waals surface area contributed by atoms with Gasteiger partial charge < -0.3 is 5.11 Å². The van der Waals surface area contributed by atoms with Crippen molar-refractivity contribution in [2.75, 3.05) is 0 Å². The van der Waals surface area contributed by atoms with Crippen LogP contribution in [-0.4, -0.2) is 9.67 Å². The van der Waals surface area contributed by atoms with Crippen LogP contribution in [0.1, 0.15) is 34.7 Å². The highest BCUT2D eigenvalue weighted by Gasteiger charge is 2.32. The van der Waals surface area contributed by atoms with Gasteiger partial charge in [-0.15, -0.1) is 0 Å². The maximum absolute atomic E-state index is 13.8. The van der Waals surface area contributed by atoms with Gasteiger partial charge in [0, 0.05) is 5.56 Å². The molecule has 174 valence electrons. The molecule has 1 aromatic heterocycles. The molecule has 4 nitrogen and oxygen atoms in total. The van der Waals surface area contributed by atoms with Crippen molar-refractivity contribution in [3.05, 3.63) is 123 Å². The highest BCUT2D eigenvalue weighted by Crippen LogP contribution is 2.41. The van der Waals surface area contributed by atoms with Gasteiger partial charge in [0.05, 0.1) is 25.2 Å². The molecule has 2 aliphatic rings. The lowest BCUT2D eigenvalue weighted by atomic mass is 9.83. The van der Waals surface area contributed by atoms with Gasteiger partial charge in [-0.2, -0.15) is 0 Å². The van der Waals surface area contributed by atoms with E-state index in [1.54, 1.807) is 34.9 Å². The molecule has 3 aromatic carbocycles. The van der Waals surface area contributed by atoms with E-state index in [1.807, 2.05) is 12.1 Å². The zero-order valence-corrected chi connectivity index (χ0v) is 22.1. The third kappa shape index (κ3) is 3.84. The van der Waals surface area contributed by atoms with E-state index in [2.05, 4.69) is 44.0 Å². The number of fused-ring (bicyclic) bond motifs is 3. The van der Waals surface area contributed by atoms with E-state index >= 15 is 0 Å². The molecule has 35 heavy (non-hydrogen) atoms. The fourth-order valence-corrected chi connectivity index (χ4v) is 7.01. The van der Waals surface area contributed by atoms with Crippen molar-refractivity contribution in [2.24, 2.45) is 4.99 Å². The number of hydrogen-bond acceptors (Lipinski definition) is 4. The molecule has 0 unspecified atom stereocenters. The number of phenolic OH excluding ortho intramolecular Hbond substituents is 1. The molecule has 0 amide bonds.